The highest BCUT2D eigenvalue weighted by atomic mass is 31.2. The summed E-state index contributed by atoms with van der Waals surface area (Å²) in [6.45, 7) is 4.15. The molecule has 1 saturated carbocycles. The molecule has 0 spiro atoms. The van der Waals surface area contributed by atoms with Gasteiger partial charge in [0.25, 0.3) is 0 Å². The molecule has 1 aliphatic carbocycles. The van der Waals surface area contributed by atoms with E-state index < -0.39 is 63.1 Å². The maximum absolute atomic E-state index is 12.8. The summed E-state index contributed by atoms with van der Waals surface area (Å²) in [5, 5.41) is 50.1. The third kappa shape index (κ3) is 26.5. The van der Waals surface area contributed by atoms with Crippen molar-refractivity contribution in [3.8, 4) is 0 Å². The van der Waals surface area contributed by atoms with Crippen molar-refractivity contribution < 1.29 is 58.3 Å². The number of unbranched alkanes of at least 4 members (excludes halogenated alkanes) is 18. The van der Waals surface area contributed by atoms with E-state index in [9.17, 15) is 39.8 Å². The highest BCUT2D eigenvalue weighted by Gasteiger charge is 2.51. The minimum atomic E-state index is -5.02. The van der Waals surface area contributed by atoms with Crippen molar-refractivity contribution in [2.45, 2.75) is 211 Å². The average molecular weight is 819 g/mol. The van der Waals surface area contributed by atoms with E-state index in [1.54, 1.807) is 0 Å². The first kappa shape index (κ1) is 52.6. The first-order valence-corrected chi connectivity index (χ1v) is 23.3. The lowest BCUT2D eigenvalue weighted by atomic mass is 9.85. The van der Waals surface area contributed by atoms with E-state index in [2.05, 4.69) is 50.3 Å². The van der Waals surface area contributed by atoms with Gasteiger partial charge in [-0.3, -0.25) is 13.8 Å². The number of aliphatic hydroxyl groups excluding tert-OH is 5. The number of ether oxygens (including phenoxy) is 2. The Morgan fingerprint density at radius 1 is 0.571 bits per heavy atom. The molecule has 0 aliphatic heterocycles. The Balaban J connectivity index is 2.43. The summed E-state index contributed by atoms with van der Waals surface area (Å²) in [5.74, 6) is -0.495. The Morgan fingerprint density at radius 2 is 1.04 bits per heavy atom. The lowest BCUT2D eigenvalue weighted by Crippen LogP contribution is -2.64. The second kappa shape index (κ2) is 34.4. The normalized spacial score (nSPS) is 23.4. The van der Waals surface area contributed by atoms with Gasteiger partial charge < -0.3 is 39.9 Å². The van der Waals surface area contributed by atoms with Gasteiger partial charge in [-0.15, -0.1) is 0 Å². The van der Waals surface area contributed by atoms with Gasteiger partial charge in [0.1, 0.15) is 42.7 Å². The van der Waals surface area contributed by atoms with Crippen molar-refractivity contribution in [2.75, 3.05) is 19.8 Å². The van der Waals surface area contributed by atoms with E-state index in [1.165, 1.54) is 57.8 Å². The number of phosphoric acid groups is 1. The van der Waals surface area contributed by atoms with Gasteiger partial charge in [0, 0.05) is 13.0 Å². The van der Waals surface area contributed by atoms with Gasteiger partial charge in [0.15, 0.2) is 0 Å². The minimum Gasteiger partial charge on any atom is -0.457 e. The molecule has 0 aromatic heterocycles. The van der Waals surface area contributed by atoms with E-state index in [0.29, 0.717) is 13.0 Å². The predicted molar refractivity (Wildman–Crippen MR) is 221 cm³/mol. The van der Waals surface area contributed by atoms with Crippen LogP contribution in [0.5, 0.6) is 0 Å². The van der Waals surface area contributed by atoms with Crippen LogP contribution in [0.2, 0.25) is 0 Å². The van der Waals surface area contributed by atoms with Crippen molar-refractivity contribution in [3.63, 3.8) is 0 Å². The van der Waals surface area contributed by atoms with E-state index in [0.717, 1.165) is 83.5 Å². The summed E-state index contributed by atoms with van der Waals surface area (Å²) in [4.78, 5) is 23.1. The number of carbonyl (C=O) groups is 1. The van der Waals surface area contributed by atoms with Crippen molar-refractivity contribution >= 4 is 13.8 Å². The third-order valence-electron chi connectivity index (χ3n) is 9.97. The fourth-order valence-corrected chi connectivity index (χ4v) is 7.42. The van der Waals surface area contributed by atoms with Crippen molar-refractivity contribution in [3.05, 3.63) is 36.5 Å². The molecule has 0 radical (unpaired) electrons. The fraction of sp³-hybridized carbons (Fsp3) is 0.837. The lowest BCUT2D eigenvalue weighted by Gasteiger charge is -2.41. The number of hydrogen-bond donors (Lipinski definition) is 6. The summed E-state index contributed by atoms with van der Waals surface area (Å²) in [7, 11) is -5.02. The van der Waals surface area contributed by atoms with Crippen molar-refractivity contribution in [1.29, 1.82) is 0 Å². The minimum absolute atomic E-state index is 0.0863. The van der Waals surface area contributed by atoms with Crippen LogP contribution >= 0.6 is 7.82 Å². The summed E-state index contributed by atoms with van der Waals surface area (Å²) < 4.78 is 34.1. The first-order chi connectivity index (χ1) is 27.0. The third-order valence-corrected chi connectivity index (χ3v) is 11.0. The zero-order valence-corrected chi connectivity index (χ0v) is 35.6. The molecule has 328 valence electrons. The maximum Gasteiger partial charge on any atom is 0.472 e. The van der Waals surface area contributed by atoms with Crippen LogP contribution in [0.25, 0.3) is 0 Å². The van der Waals surface area contributed by atoms with Gasteiger partial charge in [0.2, 0.25) is 0 Å². The Labute approximate surface area is 338 Å². The van der Waals surface area contributed by atoms with Gasteiger partial charge in [-0.2, -0.15) is 0 Å². The SMILES string of the molecule is CCC/C=C\C/C=C\CCCCCCCC(=O)OC(COCCCCCCCC/C=C\CCCCCCCC)COP(=O)(O)OC1C(O)C(O)C(O)C(O)C1O. The van der Waals surface area contributed by atoms with Crippen molar-refractivity contribution in [1.82, 2.24) is 0 Å². The van der Waals surface area contributed by atoms with E-state index in [-0.39, 0.29) is 13.0 Å². The zero-order valence-electron chi connectivity index (χ0n) is 34.7. The number of aliphatic hydroxyl groups is 5. The Morgan fingerprint density at radius 3 is 1.59 bits per heavy atom. The smallest absolute Gasteiger partial charge is 0.457 e. The summed E-state index contributed by atoms with van der Waals surface area (Å²) in [6, 6.07) is 0. The molecule has 13 heteroatoms. The van der Waals surface area contributed by atoms with Gasteiger partial charge in [-0.05, 0) is 64.2 Å². The van der Waals surface area contributed by atoms with Crippen LogP contribution in [0, 0.1) is 0 Å². The van der Waals surface area contributed by atoms with Crippen LogP contribution in [0.4, 0.5) is 0 Å². The Bertz CT molecular complexity index is 1070. The van der Waals surface area contributed by atoms with E-state index in [4.69, 9.17) is 18.5 Å². The molecule has 1 rings (SSSR count). The van der Waals surface area contributed by atoms with Gasteiger partial charge in [0.05, 0.1) is 13.2 Å². The maximum atomic E-state index is 12.8. The van der Waals surface area contributed by atoms with Gasteiger partial charge in [-0.1, -0.05) is 134 Å². The molecule has 56 heavy (non-hydrogen) atoms. The summed E-state index contributed by atoms with van der Waals surface area (Å²) >= 11 is 0. The highest BCUT2D eigenvalue weighted by molar-refractivity contribution is 7.47. The Hall–Kier alpha value is -1.44. The molecule has 6 unspecified atom stereocenters. The van der Waals surface area contributed by atoms with Gasteiger partial charge in [-0.25, -0.2) is 4.57 Å². The molecule has 1 aliphatic rings. The molecule has 0 heterocycles. The standard InChI is InChI=1S/C43H79O12P/c1-3-5-7-9-11-13-15-17-18-19-21-23-25-27-29-31-33-52-34-36(35-53-56(50,51)55-43-41(48)39(46)38(45)40(47)42(43)49)54-37(44)32-30-28-26-24-22-20-16-14-12-10-8-6-4-2/h8,10,14,16-18,36,38-43,45-49H,3-7,9,11-13,15,19-35H2,1-2H3,(H,50,51)/b10-8-,16-14-,18-17-. The highest BCUT2D eigenvalue weighted by Crippen LogP contribution is 2.47. The van der Waals surface area contributed by atoms with Crippen LogP contribution in [0.1, 0.15) is 168 Å². The van der Waals surface area contributed by atoms with Crippen LogP contribution < -0.4 is 0 Å². The van der Waals surface area contributed by atoms with Crippen molar-refractivity contribution in [2.24, 2.45) is 0 Å². The molecule has 0 amide bonds. The molecule has 0 bridgehead atoms. The second-order valence-corrected chi connectivity index (χ2v) is 16.6. The molecule has 0 aromatic rings. The predicted octanol–water partition coefficient (Wildman–Crippen LogP) is 8.31. The largest absolute Gasteiger partial charge is 0.472 e. The molecule has 0 aromatic carbocycles. The van der Waals surface area contributed by atoms with E-state index in [1.807, 2.05) is 0 Å². The number of esters is 1. The summed E-state index contributed by atoms with van der Waals surface area (Å²) in [5.41, 5.74) is 0. The van der Waals surface area contributed by atoms with Gasteiger partial charge >= 0.3 is 13.8 Å². The number of hydrogen-bond acceptors (Lipinski definition) is 11. The molecule has 12 nitrogen and oxygen atoms in total. The Kier molecular flexibility index (Phi) is 32.3. The monoisotopic (exact) mass is 819 g/mol. The molecule has 0 saturated heterocycles. The van der Waals surface area contributed by atoms with Crippen LogP contribution in [-0.4, -0.2) is 98.9 Å². The second-order valence-electron chi connectivity index (χ2n) is 15.2. The zero-order chi connectivity index (χ0) is 41.3. The summed E-state index contributed by atoms with van der Waals surface area (Å²) in [6.07, 6.45) is 26.4. The molecular formula is C43H79O12P. The van der Waals surface area contributed by atoms with Crippen LogP contribution in [0.15, 0.2) is 36.5 Å². The number of allylic oxidation sites excluding steroid dienone is 6. The van der Waals surface area contributed by atoms with E-state index >= 15 is 0 Å². The topological polar surface area (TPSA) is 192 Å². The number of phosphoric ester groups is 1. The molecule has 1 fully saturated rings. The lowest BCUT2D eigenvalue weighted by molar-refractivity contribution is -0.220. The molecule has 6 N–H and O–H groups in total. The molecule has 6 atom stereocenters. The quantitative estimate of drug-likeness (QED) is 0.0154. The van der Waals surface area contributed by atoms with Crippen LogP contribution in [-0.2, 0) is 27.9 Å². The number of rotatable bonds is 36. The molecular weight excluding hydrogens is 739 g/mol. The van der Waals surface area contributed by atoms with Crippen LogP contribution in [0.3, 0.4) is 0 Å². The average Bonchev–Trinajstić information content (AvgIpc) is 3.18. The fourth-order valence-electron chi connectivity index (χ4n) is 6.45. The number of carbonyl (C=O) groups excluding carboxylic acids is 1. The first-order valence-electron chi connectivity index (χ1n) is 21.8.